The zero-order valence-corrected chi connectivity index (χ0v) is 22.2. The molecule has 12 heteroatoms. The molecule has 6 rings (SSSR count). The first-order chi connectivity index (χ1) is 19.4. The van der Waals surface area contributed by atoms with Crippen LogP contribution in [0.25, 0.3) is 16.7 Å². The number of carbonyl (C=O) groups excluding carboxylic acids is 1. The molecular formula is C28H26FN9O2. The van der Waals surface area contributed by atoms with Crippen LogP contribution in [0.1, 0.15) is 12.0 Å². The number of amides is 1. The number of rotatable bonds is 7. The predicted molar refractivity (Wildman–Crippen MR) is 148 cm³/mol. The van der Waals surface area contributed by atoms with Gasteiger partial charge in [0.05, 0.1) is 11.2 Å². The number of ether oxygens (including phenoxy) is 1. The lowest BCUT2D eigenvalue weighted by Crippen LogP contribution is -2.25. The zero-order valence-electron chi connectivity index (χ0n) is 22.2. The summed E-state index contributed by atoms with van der Waals surface area (Å²) >= 11 is 0. The normalized spacial score (nSPS) is 14.7. The molecule has 5 aromatic rings. The Labute approximate surface area is 229 Å². The van der Waals surface area contributed by atoms with E-state index in [0.717, 1.165) is 5.57 Å². The molecule has 1 fully saturated rings. The Morgan fingerprint density at radius 2 is 2.00 bits per heavy atom. The van der Waals surface area contributed by atoms with Gasteiger partial charge in [-0.1, -0.05) is 6.08 Å². The second-order valence-electron chi connectivity index (χ2n) is 9.71. The summed E-state index contributed by atoms with van der Waals surface area (Å²) in [7, 11) is 3.91. The Morgan fingerprint density at radius 1 is 1.12 bits per heavy atom. The molecule has 1 aliphatic heterocycles. The van der Waals surface area contributed by atoms with Crippen molar-refractivity contribution in [3.8, 4) is 11.5 Å². The number of aromatic nitrogens is 6. The van der Waals surface area contributed by atoms with Gasteiger partial charge in [-0.2, -0.15) is 5.10 Å². The van der Waals surface area contributed by atoms with Crippen molar-refractivity contribution in [2.45, 2.75) is 13.3 Å². The number of fused-ring (bicyclic) bond motifs is 2. The molecule has 0 aliphatic carbocycles. The largest absolute Gasteiger partial charge is 0.457 e. The van der Waals surface area contributed by atoms with Gasteiger partial charge in [-0.05, 0) is 57.3 Å². The van der Waals surface area contributed by atoms with Gasteiger partial charge in [0.1, 0.15) is 41.3 Å². The van der Waals surface area contributed by atoms with Crippen LogP contribution < -0.4 is 15.0 Å². The van der Waals surface area contributed by atoms with Crippen molar-refractivity contribution in [1.82, 2.24) is 34.4 Å². The first kappa shape index (κ1) is 25.3. The number of likely N-dealkylation sites (N-methyl/N-ethyl adjacent to an activating group) is 1. The topological polar surface area (TPSA) is 114 Å². The maximum atomic E-state index is 15.3. The van der Waals surface area contributed by atoms with E-state index in [9.17, 15) is 4.79 Å². The Kier molecular flexibility index (Phi) is 6.52. The first-order valence-corrected chi connectivity index (χ1v) is 12.7. The summed E-state index contributed by atoms with van der Waals surface area (Å²) in [6.07, 6.45) is 7.15. The van der Waals surface area contributed by atoms with Crippen molar-refractivity contribution in [3.63, 3.8) is 0 Å². The van der Waals surface area contributed by atoms with Gasteiger partial charge in [0, 0.05) is 37.0 Å². The third kappa shape index (κ3) is 4.92. The zero-order chi connectivity index (χ0) is 27.8. The fourth-order valence-corrected chi connectivity index (χ4v) is 4.47. The third-order valence-electron chi connectivity index (χ3n) is 6.57. The van der Waals surface area contributed by atoms with Crippen LogP contribution in [0.3, 0.4) is 0 Å². The average molecular weight is 540 g/mol. The number of benzene rings is 1. The van der Waals surface area contributed by atoms with E-state index in [0.29, 0.717) is 64.9 Å². The van der Waals surface area contributed by atoms with E-state index < -0.39 is 5.82 Å². The van der Waals surface area contributed by atoms with Crippen molar-refractivity contribution in [3.05, 3.63) is 78.3 Å². The minimum absolute atomic E-state index is 0.0690. The van der Waals surface area contributed by atoms with Crippen LogP contribution in [0, 0.1) is 12.7 Å². The van der Waals surface area contributed by atoms with Crippen LogP contribution in [0.2, 0.25) is 0 Å². The second-order valence-corrected chi connectivity index (χ2v) is 9.71. The number of hydrogen-bond acceptors (Lipinski definition) is 9. The van der Waals surface area contributed by atoms with Crippen LogP contribution >= 0.6 is 0 Å². The Balaban J connectivity index is 1.26. The summed E-state index contributed by atoms with van der Waals surface area (Å²) in [4.78, 5) is 34.1. The van der Waals surface area contributed by atoms with Crippen molar-refractivity contribution in [2.75, 3.05) is 37.4 Å². The van der Waals surface area contributed by atoms with E-state index in [4.69, 9.17) is 9.72 Å². The molecule has 202 valence electrons. The highest BCUT2D eigenvalue weighted by molar-refractivity contribution is 6.08. The van der Waals surface area contributed by atoms with Crippen LogP contribution in [-0.2, 0) is 4.79 Å². The number of hydrogen-bond donors (Lipinski definition) is 1. The molecule has 0 radical (unpaired) electrons. The molecule has 5 heterocycles. The molecule has 40 heavy (non-hydrogen) atoms. The van der Waals surface area contributed by atoms with E-state index in [1.165, 1.54) is 18.7 Å². The summed E-state index contributed by atoms with van der Waals surface area (Å²) in [6, 6.07) is 9.96. The lowest BCUT2D eigenvalue weighted by Gasteiger charge is -2.16. The standard InChI is InChI=1S/C28H26FN9O2/c1-17-12-22(20(29)14-23(17)40-19-8-11-38-25(13-19)31-16-33-38)34-27-26-21(30-15-32-27)4-5-24(35-26)37-10-7-18(28(37)39)6-9-36(2)3/h4-6,8,11-16H,7,9-10H2,1-3H3,(H,30,32,34)/b18-6+. The van der Waals surface area contributed by atoms with Gasteiger partial charge >= 0.3 is 0 Å². The molecule has 0 bridgehead atoms. The van der Waals surface area contributed by atoms with E-state index in [1.54, 1.807) is 45.9 Å². The molecule has 4 aromatic heterocycles. The van der Waals surface area contributed by atoms with E-state index in [1.807, 2.05) is 32.0 Å². The van der Waals surface area contributed by atoms with E-state index >= 15 is 4.39 Å². The number of nitrogens with zero attached hydrogens (tertiary/aromatic N) is 8. The molecule has 0 atom stereocenters. The molecule has 0 unspecified atom stereocenters. The van der Waals surface area contributed by atoms with Crippen molar-refractivity contribution >= 4 is 39.9 Å². The highest BCUT2D eigenvalue weighted by atomic mass is 19.1. The van der Waals surface area contributed by atoms with Crippen LogP contribution in [0.15, 0.2) is 66.9 Å². The predicted octanol–water partition coefficient (Wildman–Crippen LogP) is 4.28. The van der Waals surface area contributed by atoms with Gasteiger partial charge in [0.25, 0.3) is 5.91 Å². The maximum Gasteiger partial charge on any atom is 0.255 e. The molecule has 1 aliphatic rings. The van der Waals surface area contributed by atoms with Crippen molar-refractivity contribution < 1.29 is 13.9 Å². The van der Waals surface area contributed by atoms with Gasteiger partial charge < -0.3 is 15.0 Å². The van der Waals surface area contributed by atoms with E-state index in [-0.39, 0.29) is 11.6 Å². The van der Waals surface area contributed by atoms with Crippen molar-refractivity contribution in [1.29, 1.82) is 0 Å². The molecule has 0 saturated carbocycles. The van der Waals surface area contributed by atoms with Gasteiger partial charge in [-0.3, -0.25) is 9.69 Å². The average Bonchev–Trinajstić information content (AvgIpc) is 3.56. The minimum atomic E-state index is -0.530. The van der Waals surface area contributed by atoms with Crippen LogP contribution in [0.4, 0.5) is 21.7 Å². The molecule has 1 N–H and O–H groups in total. The number of carbonyl (C=O) groups is 1. The summed E-state index contributed by atoms with van der Waals surface area (Å²) in [5.74, 6) is 1.10. The Hall–Kier alpha value is -4.97. The first-order valence-electron chi connectivity index (χ1n) is 12.7. The summed E-state index contributed by atoms with van der Waals surface area (Å²) in [5.41, 5.74) is 3.29. The molecule has 0 spiro atoms. The Bertz CT molecular complexity index is 1780. The quantitative estimate of drug-likeness (QED) is 0.303. The fraction of sp³-hybridized carbons (Fsp3) is 0.214. The third-order valence-corrected chi connectivity index (χ3v) is 6.57. The fourth-order valence-electron chi connectivity index (χ4n) is 4.47. The Morgan fingerprint density at radius 3 is 2.85 bits per heavy atom. The van der Waals surface area contributed by atoms with E-state index in [2.05, 4.69) is 25.4 Å². The molecular weight excluding hydrogens is 513 g/mol. The number of nitrogens with one attached hydrogen (secondary N) is 1. The lowest BCUT2D eigenvalue weighted by molar-refractivity contribution is -0.114. The minimum Gasteiger partial charge on any atom is -0.457 e. The number of anilines is 3. The highest BCUT2D eigenvalue weighted by Gasteiger charge is 2.28. The maximum absolute atomic E-state index is 15.3. The molecule has 1 aromatic carbocycles. The second kappa shape index (κ2) is 10.3. The summed E-state index contributed by atoms with van der Waals surface area (Å²) < 4.78 is 22.8. The van der Waals surface area contributed by atoms with Gasteiger partial charge in [0.2, 0.25) is 0 Å². The lowest BCUT2D eigenvalue weighted by atomic mass is 10.2. The molecule has 11 nitrogen and oxygen atoms in total. The molecule has 1 amide bonds. The van der Waals surface area contributed by atoms with Gasteiger partial charge in [-0.15, -0.1) is 0 Å². The van der Waals surface area contributed by atoms with Crippen LogP contribution in [-0.4, -0.2) is 67.5 Å². The smallest absolute Gasteiger partial charge is 0.255 e. The number of pyridine rings is 2. The summed E-state index contributed by atoms with van der Waals surface area (Å²) in [6.45, 7) is 3.05. The summed E-state index contributed by atoms with van der Waals surface area (Å²) in [5, 5.41) is 7.11. The van der Waals surface area contributed by atoms with Crippen LogP contribution in [0.5, 0.6) is 11.5 Å². The SMILES string of the molecule is Cc1cc(Nc2ncnc3ccc(N4CC/C(=C\CN(C)C)C4=O)nc23)c(F)cc1Oc1ccn2ncnc2c1. The van der Waals surface area contributed by atoms with Gasteiger partial charge in [-0.25, -0.2) is 28.8 Å². The van der Waals surface area contributed by atoms with Gasteiger partial charge in [0.15, 0.2) is 11.5 Å². The van der Waals surface area contributed by atoms with Crippen molar-refractivity contribution in [2.24, 2.45) is 0 Å². The highest BCUT2D eigenvalue weighted by Crippen LogP contribution is 2.33. The number of aryl methyl sites for hydroxylation is 1. The monoisotopic (exact) mass is 539 g/mol. The molecule has 1 saturated heterocycles. The number of halogens is 1.